The molecule has 0 aromatic heterocycles. The van der Waals surface area contributed by atoms with Crippen LogP contribution in [0.2, 0.25) is 103 Å². The third kappa shape index (κ3) is 8.93. The third-order valence-electron chi connectivity index (χ3n) is 28.7. The van der Waals surface area contributed by atoms with Crippen molar-refractivity contribution < 1.29 is 14.7 Å². The normalized spacial score (nSPS) is 30.4. The Balaban J connectivity index is 1.22. The van der Waals surface area contributed by atoms with Crippen molar-refractivity contribution in [3.63, 3.8) is 0 Å². The molecule has 4 aromatic carbocycles. The summed E-state index contributed by atoms with van der Waals surface area (Å²) in [5.74, 6) is -0.0299. The number of hydrogen-bond acceptors (Lipinski definition) is 0. The van der Waals surface area contributed by atoms with Crippen molar-refractivity contribution in [2.24, 2.45) is 0 Å². The summed E-state index contributed by atoms with van der Waals surface area (Å²) in [4.78, 5) is 0. The molecule has 2 saturated heterocycles. The van der Waals surface area contributed by atoms with Crippen molar-refractivity contribution in [2.45, 2.75) is 235 Å². The summed E-state index contributed by atoms with van der Waals surface area (Å²) in [6, 6.07) is 20.8. The molecule has 9 heteroatoms. The van der Waals surface area contributed by atoms with E-state index in [1.807, 2.05) is 0 Å². The monoisotopic (exact) mass is 1670 g/mol. The van der Waals surface area contributed by atoms with E-state index in [-0.39, 0.29) is 23.7 Å². The number of benzene rings is 4. The molecule has 2 heterocycles. The Bertz CT molecular complexity index is 4300. The fourth-order valence-electron chi connectivity index (χ4n) is 27.9. The summed E-state index contributed by atoms with van der Waals surface area (Å²) in [7, 11) is 11.9. The van der Waals surface area contributed by atoms with Gasteiger partial charge >= 0.3 is 641 Å². The molecular weight excluding hydrogens is 1550 g/mol. The fourth-order valence-corrected chi connectivity index (χ4v) is 208. The quantitative estimate of drug-likeness (QED) is 0.124. The predicted molar refractivity (Wildman–Crippen MR) is 470 cm³/mol. The van der Waals surface area contributed by atoms with Crippen LogP contribution in [0.5, 0.6) is 0 Å². The predicted octanol–water partition coefficient (Wildman–Crippen LogP) is 24.9. The summed E-state index contributed by atoms with van der Waals surface area (Å²) in [6.45, 7) is 65.5. The zero-order chi connectivity index (χ0) is 74.7. The number of halogens is 2. The van der Waals surface area contributed by atoms with Gasteiger partial charge in [0.15, 0.2) is 0 Å². The van der Waals surface area contributed by atoms with Crippen LogP contribution in [0.3, 0.4) is 0 Å². The van der Waals surface area contributed by atoms with E-state index >= 15 is 0 Å². The van der Waals surface area contributed by atoms with Gasteiger partial charge in [-0.1, -0.05) is 0 Å². The SMILES string of the molecule is CCC1=CC2=C(C=CC=CC2c2cc(C)c([Si](C)(C)C)c(C)c2)[C]12[SiH](C)[C]1(C(CC)=CC3=C1C=CC=CC3c1cc(C)c([Si](C)(C)C)c(C)c1)[Hf]21([Cl])([Cl])[C]2(C(CC)=CC3=C2C=CC=CC3c2cc(C)c([Si](C)(C)C)c(C)c2)[SiH](C)[C]12C(CC)=CC1=C2C=CC=CC1c1cc(C)c([Si](C)(C)C)c(C)c1. The molecule has 8 atom stereocenters. The second-order valence-electron chi connectivity index (χ2n) is 37.8. The van der Waals surface area contributed by atoms with Gasteiger partial charge in [-0.05, 0) is 0 Å². The molecule has 4 aromatic rings. The van der Waals surface area contributed by atoms with E-state index in [0.717, 1.165) is 25.7 Å². The van der Waals surface area contributed by atoms with Gasteiger partial charge in [0.1, 0.15) is 0 Å². The van der Waals surface area contributed by atoms with Gasteiger partial charge in [-0.2, -0.15) is 0 Å². The van der Waals surface area contributed by atoms with E-state index in [2.05, 4.69) is 345 Å². The summed E-state index contributed by atoms with van der Waals surface area (Å²) in [5, 5.41) is 6.35. The van der Waals surface area contributed by atoms with E-state index in [4.69, 9.17) is 0 Å². The van der Waals surface area contributed by atoms with Gasteiger partial charge in [-0.25, -0.2) is 0 Å². The number of fused-ring (bicyclic) bond motifs is 8. The molecule has 103 heavy (non-hydrogen) atoms. The molecule has 0 saturated carbocycles. The van der Waals surface area contributed by atoms with Gasteiger partial charge in [-0.15, -0.1) is 0 Å². The molecule has 0 amide bonds. The summed E-state index contributed by atoms with van der Waals surface area (Å²) >= 11 is -8.05. The zero-order valence-corrected chi connectivity index (χ0v) is 79.1. The first-order chi connectivity index (χ1) is 48.2. The summed E-state index contributed by atoms with van der Waals surface area (Å²) in [5.41, 5.74) is 34.8. The maximum absolute atomic E-state index is 12.0. The molecule has 14 rings (SSSR count). The van der Waals surface area contributed by atoms with Gasteiger partial charge in [0.2, 0.25) is 0 Å². The van der Waals surface area contributed by atoms with Crippen molar-refractivity contribution in [1.82, 2.24) is 0 Å². The second kappa shape index (κ2) is 24.5. The van der Waals surface area contributed by atoms with Gasteiger partial charge in [0.05, 0.1) is 0 Å². The van der Waals surface area contributed by atoms with Crippen LogP contribution in [-0.2, 0) is 14.7 Å². The Morgan fingerprint density at radius 3 is 0.641 bits per heavy atom. The van der Waals surface area contributed by atoms with Crippen molar-refractivity contribution in [2.75, 3.05) is 0 Å². The summed E-state index contributed by atoms with van der Waals surface area (Å²) < 4.78 is -2.74. The molecule has 2 fully saturated rings. The fraction of sp³-hybridized carbons (Fsp3) is 0.404. The van der Waals surface area contributed by atoms with Gasteiger partial charge in [0, 0.05) is 0 Å². The van der Waals surface area contributed by atoms with Gasteiger partial charge in [0.25, 0.3) is 0 Å². The average Bonchev–Trinajstić information content (AvgIpc) is 1.52. The number of allylic oxidation sites excluding steroid dienone is 32. The molecule has 538 valence electrons. The van der Waals surface area contributed by atoms with Crippen LogP contribution in [0.15, 0.2) is 237 Å². The number of aryl methyl sites for hydroxylation is 8. The van der Waals surface area contributed by atoms with Crippen LogP contribution < -0.4 is 20.7 Å². The number of rotatable bonds is 12. The third-order valence-corrected chi connectivity index (χ3v) is 154. The Labute approximate surface area is 635 Å². The second-order valence-corrected chi connectivity index (χ2v) is 112. The molecule has 8 unspecified atom stereocenters. The van der Waals surface area contributed by atoms with Crippen LogP contribution in [-0.4, -0.2) is 49.9 Å². The van der Waals surface area contributed by atoms with Crippen molar-refractivity contribution in [3.8, 4) is 0 Å². The minimum absolute atomic E-state index is 0.00748. The standard InChI is InChI=1S/2C47H60Si3.2ClH.Hf/c2*1-14-34-28-42-38(36-24-30(3)46(31(4)25-36)49(8,9)10)20-16-18-22-40(42)44(34)48(7)45-35(15-2)29-43-39(21-17-19-23-41(43)45)37-26-32(5)47(33(6)27-37)50(11,12)13;;;/h2*16-29,38-39,48H,14-15H2,1-13H3;2*1H;/q;;;;+2/p-2. The molecule has 0 N–H and O–H groups in total. The Kier molecular flexibility index (Phi) is 17.9. The molecule has 8 aliphatic carbocycles. The Morgan fingerprint density at radius 2 is 0.485 bits per heavy atom. The van der Waals surface area contributed by atoms with E-state index in [1.165, 1.54) is 134 Å². The first-order valence-corrected chi connectivity index (χ1v) is 74.4. The number of hydrogen-bond donors (Lipinski definition) is 0. The van der Waals surface area contributed by atoms with E-state index < -0.39 is 75.7 Å². The minimum atomic E-state index is -8.05. The molecule has 2 aliphatic heterocycles. The first kappa shape index (κ1) is 75.3. The topological polar surface area (TPSA) is 0 Å². The van der Waals surface area contributed by atoms with Crippen LogP contribution in [0.25, 0.3) is 0 Å². The van der Waals surface area contributed by atoms with E-state index in [9.17, 15) is 17.2 Å². The molecule has 10 aliphatic rings. The van der Waals surface area contributed by atoms with Crippen LogP contribution in [0.1, 0.15) is 144 Å². The van der Waals surface area contributed by atoms with Crippen molar-refractivity contribution in [1.29, 1.82) is 0 Å². The van der Waals surface area contributed by atoms with Crippen molar-refractivity contribution >= 4 is 87.8 Å². The zero-order valence-electron chi connectivity index (χ0n) is 67.7. The molecule has 5 spiro atoms. The first-order valence-electron chi connectivity index (χ1n) is 39.7. The van der Waals surface area contributed by atoms with E-state index in [0.29, 0.717) is 0 Å². The Hall–Kier alpha value is -4.53. The van der Waals surface area contributed by atoms with Crippen LogP contribution in [0, 0.1) is 55.4 Å². The Morgan fingerprint density at radius 1 is 0.311 bits per heavy atom. The van der Waals surface area contributed by atoms with Crippen LogP contribution >= 0.6 is 17.2 Å². The van der Waals surface area contributed by atoms with Gasteiger partial charge < -0.3 is 0 Å². The molecule has 0 bridgehead atoms. The van der Waals surface area contributed by atoms with E-state index in [1.54, 1.807) is 20.7 Å². The molecule has 0 nitrogen and oxygen atoms in total. The molecule has 0 radical (unpaired) electrons. The molecular formula is C94H120Cl2HfSi6. The van der Waals surface area contributed by atoms with Crippen molar-refractivity contribution in [3.05, 3.63) is 304 Å². The average molecular weight is 1670 g/mol. The van der Waals surface area contributed by atoms with Crippen LogP contribution in [0.4, 0.5) is 0 Å². The maximum atomic E-state index is 12.0. The van der Waals surface area contributed by atoms with Gasteiger partial charge in [-0.3, -0.25) is 0 Å². The summed E-state index contributed by atoms with van der Waals surface area (Å²) in [6.07, 6.45) is 55.2.